The maximum absolute atomic E-state index is 12.4. The van der Waals surface area contributed by atoms with Crippen molar-refractivity contribution >= 4 is 23.2 Å². The van der Waals surface area contributed by atoms with E-state index in [0.29, 0.717) is 0 Å². The van der Waals surface area contributed by atoms with Crippen molar-refractivity contribution in [3.05, 3.63) is 48.5 Å². The number of nitrogens with zero attached hydrogens (tertiary/aromatic N) is 2. The van der Waals surface area contributed by atoms with E-state index in [2.05, 4.69) is 10.2 Å². The van der Waals surface area contributed by atoms with Gasteiger partial charge in [-0.25, -0.2) is 0 Å². The predicted molar refractivity (Wildman–Crippen MR) is 94.5 cm³/mol. The van der Waals surface area contributed by atoms with Gasteiger partial charge >= 0.3 is 24.2 Å². The first-order valence-electron chi connectivity index (χ1n) is 8.24. The fourth-order valence-corrected chi connectivity index (χ4v) is 2.32. The summed E-state index contributed by atoms with van der Waals surface area (Å²) in [7, 11) is 0. The molecule has 2 amide bonds. The van der Waals surface area contributed by atoms with Crippen LogP contribution in [0.3, 0.4) is 0 Å². The van der Waals surface area contributed by atoms with E-state index in [1.807, 2.05) is 0 Å². The number of aromatic nitrogens is 2. The Bertz CT molecular complexity index is 1040. The average Bonchev–Trinajstić information content (AvgIpc) is 3.17. The predicted octanol–water partition coefficient (Wildman–Crippen LogP) is 4.41. The highest BCUT2D eigenvalue weighted by atomic mass is 19.4. The molecule has 3 rings (SSSR count). The Kier molecular flexibility index (Phi) is 5.69. The van der Waals surface area contributed by atoms with Gasteiger partial charge in [0.2, 0.25) is 11.8 Å². The number of carbonyl (C=O) groups is 2. The second-order valence-electron chi connectivity index (χ2n) is 5.98. The minimum absolute atomic E-state index is 0.122. The second kappa shape index (κ2) is 8.08. The van der Waals surface area contributed by atoms with Gasteiger partial charge in [-0.1, -0.05) is 12.1 Å². The Morgan fingerprint density at radius 1 is 0.710 bits per heavy atom. The number of rotatable bonds is 4. The van der Waals surface area contributed by atoms with E-state index in [0.717, 1.165) is 0 Å². The summed E-state index contributed by atoms with van der Waals surface area (Å²) in [5.41, 5.74) is 0.0216. The molecule has 0 aliphatic rings. The number of carbonyl (C=O) groups excluding carboxylic acids is 2. The number of hydrogen-bond donors (Lipinski definition) is 2. The number of alkyl halides is 6. The van der Waals surface area contributed by atoms with Crippen LogP contribution in [0.2, 0.25) is 0 Å². The maximum atomic E-state index is 12.4. The summed E-state index contributed by atoms with van der Waals surface area (Å²) >= 11 is 0. The van der Waals surface area contributed by atoms with Crippen LogP contribution >= 0.6 is 0 Å². The van der Waals surface area contributed by atoms with E-state index in [9.17, 15) is 35.9 Å². The van der Waals surface area contributed by atoms with E-state index >= 15 is 0 Å². The molecule has 31 heavy (non-hydrogen) atoms. The molecule has 0 fully saturated rings. The molecule has 0 spiro atoms. The topological polar surface area (TPSA) is 97.1 Å². The van der Waals surface area contributed by atoms with Crippen molar-refractivity contribution in [1.82, 2.24) is 10.2 Å². The third-order valence-corrected chi connectivity index (χ3v) is 3.67. The SMILES string of the molecule is O=C(Nc1cccc(-c2nnc(-c3cccc(NC(=O)C(F)(F)F)c3)o2)c1)C(F)(F)F. The standard InChI is InChI=1S/C18H10F6N4O3/c19-17(20,21)15(29)25-11-5-1-3-9(7-11)13-27-28-14(31-13)10-4-2-6-12(8-10)26-16(30)18(22,23)24/h1-8H,(H,25,29)(H,26,30). The zero-order valence-electron chi connectivity index (χ0n) is 15.0. The summed E-state index contributed by atoms with van der Waals surface area (Å²) in [6.07, 6.45) is -10.1. The van der Waals surface area contributed by atoms with E-state index < -0.39 is 24.2 Å². The lowest BCUT2D eigenvalue weighted by molar-refractivity contribution is -0.167. The molecule has 13 heteroatoms. The van der Waals surface area contributed by atoms with Gasteiger partial charge in [0, 0.05) is 22.5 Å². The number of halogens is 6. The molecule has 0 aliphatic carbocycles. The second-order valence-corrected chi connectivity index (χ2v) is 5.98. The monoisotopic (exact) mass is 444 g/mol. The first-order chi connectivity index (χ1) is 14.4. The molecule has 0 aliphatic heterocycles. The van der Waals surface area contributed by atoms with Gasteiger partial charge in [-0.3, -0.25) is 9.59 Å². The summed E-state index contributed by atoms with van der Waals surface area (Å²) in [6, 6.07) is 10.3. The van der Waals surface area contributed by atoms with Gasteiger partial charge in [-0.05, 0) is 36.4 Å². The molecule has 2 N–H and O–H groups in total. The first kappa shape index (κ1) is 21.8. The largest absolute Gasteiger partial charge is 0.471 e. The Labute approximate surface area is 169 Å². The number of amides is 2. The molecule has 1 aromatic heterocycles. The molecule has 0 unspecified atom stereocenters. The van der Waals surface area contributed by atoms with Crippen LogP contribution in [0.4, 0.5) is 37.7 Å². The fraction of sp³-hybridized carbons (Fsp3) is 0.111. The zero-order chi connectivity index (χ0) is 22.8. The Hall–Kier alpha value is -3.90. The third kappa shape index (κ3) is 5.38. The molecule has 0 atom stereocenters. The van der Waals surface area contributed by atoms with Crippen LogP contribution in [-0.4, -0.2) is 34.4 Å². The Morgan fingerprint density at radius 2 is 1.10 bits per heavy atom. The van der Waals surface area contributed by atoms with Gasteiger partial charge in [0.1, 0.15) is 0 Å². The van der Waals surface area contributed by atoms with Gasteiger partial charge in [-0.15, -0.1) is 10.2 Å². The first-order valence-corrected chi connectivity index (χ1v) is 8.24. The van der Waals surface area contributed by atoms with Gasteiger partial charge in [0.25, 0.3) is 0 Å². The number of hydrogen-bond acceptors (Lipinski definition) is 5. The van der Waals surface area contributed by atoms with Gasteiger partial charge < -0.3 is 15.1 Å². The quantitative estimate of drug-likeness (QED) is 0.582. The minimum atomic E-state index is -5.07. The molecule has 162 valence electrons. The van der Waals surface area contributed by atoms with Crippen LogP contribution in [0.5, 0.6) is 0 Å². The van der Waals surface area contributed by atoms with Gasteiger partial charge in [0.15, 0.2) is 0 Å². The van der Waals surface area contributed by atoms with Crippen LogP contribution in [0.25, 0.3) is 22.9 Å². The molecule has 2 aromatic carbocycles. The highest BCUT2D eigenvalue weighted by Gasteiger charge is 2.39. The van der Waals surface area contributed by atoms with Gasteiger partial charge in [0.05, 0.1) is 0 Å². The number of anilines is 2. The highest BCUT2D eigenvalue weighted by Crippen LogP contribution is 2.28. The van der Waals surface area contributed by atoms with Crippen LogP contribution < -0.4 is 10.6 Å². The van der Waals surface area contributed by atoms with Crippen LogP contribution in [0.15, 0.2) is 52.9 Å². The smallest absolute Gasteiger partial charge is 0.416 e. The Balaban J connectivity index is 1.81. The average molecular weight is 444 g/mol. The van der Waals surface area contributed by atoms with E-state index in [-0.39, 0.29) is 34.3 Å². The molecule has 0 saturated carbocycles. The molecule has 1 heterocycles. The van der Waals surface area contributed by atoms with Crippen molar-refractivity contribution in [2.45, 2.75) is 12.4 Å². The zero-order valence-corrected chi connectivity index (χ0v) is 15.0. The highest BCUT2D eigenvalue weighted by molar-refractivity contribution is 5.96. The lowest BCUT2D eigenvalue weighted by Gasteiger charge is -2.08. The van der Waals surface area contributed by atoms with Crippen molar-refractivity contribution in [2.75, 3.05) is 10.6 Å². The van der Waals surface area contributed by atoms with E-state index in [4.69, 9.17) is 4.42 Å². The van der Waals surface area contributed by atoms with Crippen LogP contribution in [0.1, 0.15) is 0 Å². The van der Waals surface area contributed by atoms with Crippen LogP contribution in [-0.2, 0) is 9.59 Å². The summed E-state index contributed by atoms with van der Waals surface area (Å²) in [4.78, 5) is 22.1. The molecule has 0 saturated heterocycles. The van der Waals surface area contributed by atoms with Crippen molar-refractivity contribution in [3.63, 3.8) is 0 Å². The normalized spacial score (nSPS) is 11.8. The fourth-order valence-electron chi connectivity index (χ4n) is 2.32. The van der Waals surface area contributed by atoms with Crippen molar-refractivity contribution < 1.29 is 40.3 Å². The third-order valence-electron chi connectivity index (χ3n) is 3.67. The molecular formula is C18H10F6N4O3. The summed E-state index contributed by atoms with van der Waals surface area (Å²) < 4.78 is 79.7. The molecule has 3 aromatic rings. The van der Waals surface area contributed by atoms with Crippen molar-refractivity contribution in [3.8, 4) is 22.9 Å². The lowest BCUT2D eigenvalue weighted by Crippen LogP contribution is -2.29. The molecular weight excluding hydrogens is 434 g/mol. The summed E-state index contributed by atoms with van der Waals surface area (Å²) in [5.74, 6) is -4.56. The van der Waals surface area contributed by atoms with E-state index in [1.165, 1.54) is 48.5 Å². The minimum Gasteiger partial charge on any atom is -0.416 e. The Morgan fingerprint density at radius 3 is 1.45 bits per heavy atom. The molecule has 7 nitrogen and oxygen atoms in total. The van der Waals surface area contributed by atoms with Crippen molar-refractivity contribution in [1.29, 1.82) is 0 Å². The molecule has 0 bridgehead atoms. The van der Waals surface area contributed by atoms with Crippen LogP contribution in [0, 0.1) is 0 Å². The lowest BCUT2D eigenvalue weighted by atomic mass is 10.2. The summed E-state index contributed by atoms with van der Waals surface area (Å²) in [5, 5.41) is 10.9. The number of nitrogens with one attached hydrogen (secondary N) is 2. The van der Waals surface area contributed by atoms with Crippen molar-refractivity contribution in [2.24, 2.45) is 0 Å². The number of benzene rings is 2. The van der Waals surface area contributed by atoms with Gasteiger partial charge in [-0.2, -0.15) is 26.3 Å². The molecule has 0 radical (unpaired) electrons. The maximum Gasteiger partial charge on any atom is 0.471 e. The summed E-state index contributed by atoms with van der Waals surface area (Å²) in [6.45, 7) is 0. The van der Waals surface area contributed by atoms with E-state index in [1.54, 1.807) is 10.6 Å².